The van der Waals surface area contributed by atoms with Crippen molar-refractivity contribution in [3.05, 3.63) is 154 Å². The fourth-order valence-corrected chi connectivity index (χ4v) is 9.87. The van der Waals surface area contributed by atoms with Crippen molar-refractivity contribution in [2.45, 2.75) is 69.7 Å². The summed E-state index contributed by atoms with van der Waals surface area (Å²) in [5, 5.41) is 16.2. The molecular weight excluding hydrogens is 929 g/mol. The molecule has 4 aliphatic heterocycles. The Morgan fingerprint density at radius 2 is 1.24 bits per heavy atom. The molecule has 0 bridgehead atoms. The first kappa shape index (κ1) is 49.1. The number of halogens is 6. The first-order valence-electron chi connectivity index (χ1n) is 23.1. The molecule has 0 spiro atoms. The number of hydrogen-bond acceptors (Lipinski definition) is 10. The molecule has 6 heterocycles. The normalized spacial score (nSPS) is 20.6. The number of hydrogen-bond donors (Lipinski definition) is 4. The number of aliphatic hydroxyl groups is 1. The zero-order valence-corrected chi connectivity index (χ0v) is 39.0. The van der Waals surface area contributed by atoms with Gasteiger partial charge in [0.25, 0.3) is 11.8 Å². The second-order valence-electron chi connectivity index (χ2n) is 18.6. The lowest BCUT2D eigenvalue weighted by molar-refractivity contribution is -0.142. The summed E-state index contributed by atoms with van der Waals surface area (Å²) in [6.07, 6.45) is -6.46. The summed E-state index contributed by atoms with van der Waals surface area (Å²) in [6.45, 7) is 10.0. The number of nitrogens with two attached hydrogens (primary N) is 1. The highest BCUT2D eigenvalue weighted by Crippen LogP contribution is 2.46. The quantitative estimate of drug-likeness (QED) is 0.119. The van der Waals surface area contributed by atoms with Crippen LogP contribution in [-0.4, -0.2) is 78.0 Å². The molecule has 2 fully saturated rings. The van der Waals surface area contributed by atoms with E-state index < -0.39 is 41.7 Å². The number of fused-ring (bicyclic) bond motifs is 6. The molecule has 0 radical (unpaired) electrons. The number of morpholine rings is 2. The minimum Gasteiger partial charge on any atom is -0.388 e. The van der Waals surface area contributed by atoms with Crippen molar-refractivity contribution in [1.29, 1.82) is 0 Å². The van der Waals surface area contributed by atoms with Gasteiger partial charge in [-0.2, -0.15) is 26.3 Å². The van der Waals surface area contributed by atoms with Crippen molar-refractivity contribution in [3.63, 3.8) is 0 Å². The Labute approximate surface area is 405 Å². The predicted octanol–water partition coefficient (Wildman–Crippen LogP) is 10.3. The summed E-state index contributed by atoms with van der Waals surface area (Å²) in [6, 6.07) is 27.1. The van der Waals surface area contributed by atoms with Crippen LogP contribution in [0.3, 0.4) is 0 Å². The lowest BCUT2D eigenvalue weighted by atomic mass is 9.82. The highest BCUT2D eigenvalue weighted by molar-refractivity contribution is 6.05. The van der Waals surface area contributed by atoms with Gasteiger partial charge in [-0.15, -0.1) is 0 Å². The number of amides is 2. The molecule has 71 heavy (non-hydrogen) atoms. The Morgan fingerprint density at radius 3 is 1.80 bits per heavy atom. The van der Waals surface area contributed by atoms with Crippen molar-refractivity contribution in [3.8, 4) is 22.3 Å². The number of rotatable bonds is 6. The Kier molecular flexibility index (Phi) is 13.4. The first-order valence-corrected chi connectivity index (χ1v) is 23.1. The van der Waals surface area contributed by atoms with Crippen molar-refractivity contribution >= 4 is 34.6 Å². The van der Waals surface area contributed by atoms with E-state index in [0.29, 0.717) is 44.2 Å². The summed E-state index contributed by atoms with van der Waals surface area (Å²) in [7, 11) is 0. The zero-order valence-electron chi connectivity index (χ0n) is 39.0. The molecule has 12 nitrogen and oxygen atoms in total. The molecule has 0 aliphatic carbocycles. The molecule has 4 atom stereocenters. The van der Waals surface area contributed by atoms with Crippen LogP contribution in [0.25, 0.3) is 22.3 Å². The molecule has 0 saturated carbocycles. The summed E-state index contributed by atoms with van der Waals surface area (Å²) >= 11 is 0. The Morgan fingerprint density at radius 1 is 0.704 bits per heavy atom. The van der Waals surface area contributed by atoms with E-state index in [-0.39, 0.29) is 28.7 Å². The molecule has 6 aromatic rings. The number of aryl methyl sites for hydroxylation is 2. The monoisotopic (exact) mass is 979 g/mol. The minimum atomic E-state index is -4.64. The van der Waals surface area contributed by atoms with Crippen LogP contribution in [0.5, 0.6) is 0 Å². The zero-order chi connectivity index (χ0) is 50.4. The summed E-state index contributed by atoms with van der Waals surface area (Å²) < 4.78 is 89.3. The lowest BCUT2D eigenvalue weighted by Gasteiger charge is -2.51. The van der Waals surface area contributed by atoms with Gasteiger partial charge in [0.1, 0.15) is 11.4 Å². The molecule has 2 saturated heterocycles. The van der Waals surface area contributed by atoms with Crippen LogP contribution in [0.15, 0.2) is 109 Å². The van der Waals surface area contributed by atoms with Gasteiger partial charge in [-0.3, -0.25) is 19.6 Å². The third kappa shape index (κ3) is 10.3. The maximum Gasteiger partial charge on any atom is 0.433 e. The van der Waals surface area contributed by atoms with Gasteiger partial charge in [0.15, 0.2) is 0 Å². The number of aliphatic hydroxyl groups excluding tert-OH is 1. The fourth-order valence-electron chi connectivity index (χ4n) is 9.87. The average Bonchev–Trinajstić information content (AvgIpc) is 3.34. The van der Waals surface area contributed by atoms with Gasteiger partial charge < -0.3 is 40.7 Å². The highest BCUT2D eigenvalue weighted by atomic mass is 19.4. The molecule has 18 heteroatoms. The molecule has 5 N–H and O–H groups in total. The van der Waals surface area contributed by atoms with Gasteiger partial charge in [-0.05, 0) is 127 Å². The number of benzene rings is 4. The first-order chi connectivity index (χ1) is 33.8. The number of anilines is 4. The molecule has 4 aromatic carbocycles. The van der Waals surface area contributed by atoms with E-state index in [1.807, 2.05) is 56.3 Å². The number of nitrogens with one attached hydrogen (secondary N) is 2. The molecule has 2 aromatic heterocycles. The Bertz CT molecular complexity index is 3000. The van der Waals surface area contributed by atoms with E-state index in [4.69, 9.17) is 15.2 Å². The third-order valence-corrected chi connectivity index (χ3v) is 13.6. The maximum absolute atomic E-state index is 13.0. The van der Waals surface area contributed by atoms with Gasteiger partial charge in [0.2, 0.25) is 0 Å². The molecule has 4 unspecified atom stereocenters. The van der Waals surface area contributed by atoms with Crippen LogP contribution < -0.4 is 26.2 Å². The second kappa shape index (κ2) is 19.4. The van der Waals surface area contributed by atoms with Gasteiger partial charge in [0.05, 0.1) is 44.1 Å². The molecule has 4 aliphatic rings. The van der Waals surface area contributed by atoms with Crippen LogP contribution in [0, 0.1) is 13.8 Å². The smallest absolute Gasteiger partial charge is 0.388 e. The van der Waals surface area contributed by atoms with Crippen LogP contribution in [0.2, 0.25) is 0 Å². The Balaban J connectivity index is 0.000000176. The van der Waals surface area contributed by atoms with E-state index in [9.17, 15) is 41.0 Å². The van der Waals surface area contributed by atoms with Crippen molar-refractivity contribution in [2.75, 3.05) is 60.0 Å². The lowest BCUT2D eigenvalue weighted by Crippen LogP contribution is -2.58. The number of alkyl halides is 6. The largest absolute Gasteiger partial charge is 0.433 e. The number of ether oxygens (including phenoxy) is 2. The Hall–Kier alpha value is -6.86. The van der Waals surface area contributed by atoms with Gasteiger partial charge in [-0.25, -0.2) is 0 Å². The minimum absolute atomic E-state index is 0.0596. The van der Waals surface area contributed by atoms with Gasteiger partial charge in [0, 0.05) is 77.4 Å². The number of nitrogens with zero attached hydrogens (tertiary/aromatic N) is 4. The summed E-state index contributed by atoms with van der Waals surface area (Å²) in [4.78, 5) is 36.6. The van der Waals surface area contributed by atoms with E-state index in [0.717, 1.165) is 99.9 Å². The van der Waals surface area contributed by atoms with Gasteiger partial charge in [-0.1, -0.05) is 36.4 Å². The predicted molar refractivity (Wildman–Crippen MR) is 257 cm³/mol. The number of carbonyl (C=O) groups is 2. The van der Waals surface area contributed by atoms with Crippen LogP contribution in [0.1, 0.15) is 86.3 Å². The molecule has 2 amide bonds. The van der Waals surface area contributed by atoms with Crippen molar-refractivity contribution in [1.82, 2.24) is 9.97 Å². The van der Waals surface area contributed by atoms with Gasteiger partial charge >= 0.3 is 12.4 Å². The molecular formula is C53H51F6N7O5. The SMILES string of the molecule is Cc1ccc(NC(=O)c2ccnc(C(F)(F)F)c2)cc1-c1ccc2c(c1)N1CCOCC1(C)CC2O.Cc1ccc(NC(=O)c2ccnc(C(F)(F)F)c2)cc1-c1ccc2c(c1)N1CCOCC1CC2N. The fraction of sp³-hybridized carbons (Fsp3) is 0.321. The van der Waals surface area contributed by atoms with Crippen LogP contribution >= 0.6 is 0 Å². The van der Waals surface area contributed by atoms with Crippen LogP contribution in [0.4, 0.5) is 49.1 Å². The number of carbonyl (C=O) groups excluding carboxylic acids is 2. The number of aromatic nitrogens is 2. The maximum atomic E-state index is 13.0. The van der Waals surface area contributed by atoms with E-state index in [2.05, 4.69) is 49.5 Å². The summed E-state index contributed by atoms with van der Waals surface area (Å²) in [5.41, 5.74) is 14.3. The highest BCUT2D eigenvalue weighted by Gasteiger charge is 2.43. The van der Waals surface area contributed by atoms with Crippen LogP contribution in [-0.2, 0) is 21.8 Å². The van der Waals surface area contributed by atoms with Crippen molar-refractivity contribution in [2.24, 2.45) is 5.73 Å². The second-order valence-corrected chi connectivity index (χ2v) is 18.6. The standard InChI is InChI=1S/C27H26F3N3O3.C26H25F3N4O2/c1-16-3-5-19(32-25(35)18-7-8-31-24(12-18)27(28,29)30)13-21(16)17-4-6-20-22(11-17)33-9-10-36-15-26(33,2)14-23(20)34;1-15-2-4-18(32-25(34)17-6-7-31-24(11-17)26(27,28)29)12-21(15)16-3-5-20-22(30)13-19-14-35-9-8-33(19)23(20)10-16/h3-8,11-13,23,34H,9-10,14-15H2,1-2H3,(H,32,35);2-7,10-12,19,22H,8-9,13-14,30H2,1H3,(H,32,34). The van der Waals surface area contributed by atoms with E-state index >= 15 is 0 Å². The summed E-state index contributed by atoms with van der Waals surface area (Å²) in [5.74, 6) is -1.30. The van der Waals surface area contributed by atoms with Crippen molar-refractivity contribution < 1.29 is 50.5 Å². The average molecular weight is 980 g/mol. The van der Waals surface area contributed by atoms with E-state index in [1.54, 1.807) is 18.2 Å². The topological polar surface area (TPSA) is 155 Å². The molecule has 370 valence electrons. The number of pyridine rings is 2. The van der Waals surface area contributed by atoms with E-state index in [1.165, 1.54) is 12.1 Å². The third-order valence-electron chi connectivity index (χ3n) is 13.6. The molecule has 10 rings (SSSR count).